The molecule has 1 aromatic carbocycles. The monoisotopic (exact) mass is 303 g/mol. The van der Waals surface area contributed by atoms with Crippen LogP contribution in [-0.4, -0.2) is 25.3 Å². The van der Waals surface area contributed by atoms with E-state index in [1.165, 1.54) is 40.2 Å². The van der Waals surface area contributed by atoms with Crippen LogP contribution in [0.5, 0.6) is 11.5 Å². The molecule has 0 saturated carbocycles. The van der Waals surface area contributed by atoms with E-state index in [-0.39, 0.29) is 0 Å². The van der Waals surface area contributed by atoms with Gasteiger partial charge in [0.05, 0.1) is 6.07 Å². The van der Waals surface area contributed by atoms with Crippen LogP contribution >= 0.6 is 11.3 Å². The van der Waals surface area contributed by atoms with E-state index < -0.39 is 0 Å². The molecule has 0 N–H and O–H groups in total. The van der Waals surface area contributed by atoms with Gasteiger partial charge in [-0.2, -0.15) is 4.57 Å². The number of benzene rings is 1. The van der Waals surface area contributed by atoms with Gasteiger partial charge in [-0.1, -0.05) is 11.3 Å². The highest BCUT2D eigenvalue weighted by atomic mass is 32.1. The third-order valence-corrected chi connectivity index (χ3v) is 5.47. The number of hydrogen-bond acceptors (Lipinski definition) is 4. The van der Waals surface area contributed by atoms with Gasteiger partial charge in [0.25, 0.3) is 5.01 Å². The molecule has 0 unspecified atom stereocenters. The van der Waals surface area contributed by atoms with Crippen LogP contribution in [0.3, 0.4) is 0 Å². The fourth-order valence-corrected chi connectivity index (χ4v) is 4.12. The summed E-state index contributed by atoms with van der Waals surface area (Å²) < 4.78 is 14.4. The molecular formula is C16H19N2O2S+. The molecule has 1 saturated heterocycles. The van der Waals surface area contributed by atoms with Crippen molar-refractivity contribution in [1.29, 1.82) is 0 Å². The van der Waals surface area contributed by atoms with Gasteiger partial charge < -0.3 is 14.4 Å². The van der Waals surface area contributed by atoms with Crippen LogP contribution < -0.4 is 14.0 Å². The van der Waals surface area contributed by atoms with E-state index in [1.54, 1.807) is 0 Å². The highest BCUT2D eigenvalue weighted by Gasteiger charge is 2.23. The van der Waals surface area contributed by atoms with Crippen molar-refractivity contribution in [2.45, 2.75) is 19.3 Å². The van der Waals surface area contributed by atoms with Gasteiger partial charge in [-0.3, -0.25) is 0 Å². The summed E-state index contributed by atoms with van der Waals surface area (Å²) in [6, 6.07) is 4.18. The van der Waals surface area contributed by atoms with Crippen molar-refractivity contribution in [2.24, 2.45) is 7.05 Å². The molecule has 0 amide bonds. The van der Waals surface area contributed by atoms with E-state index in [0.29, 0.717) is 6.79 Å². The summed E-state index contributed by atoms with van der Waals surface area (Å²) in [5.41, 5.74) is 2.64. The average Bonchev–Trinajstić information content (AvgIpc) is 3.05. The molecule has 21 heavy (non-hydrogen) atoms. The number of nitrogens with zero attached hydrogens (tertiary/aromatic N) is 2. The van der Waals surface area contributed by atoms with E-state index in [0.717, 1.165) is 18.0 Å². The molecule has 0 aliphatic carbocycles. The minimum Gasteiger partial charge on any atom is -0.454 e. The minimum absolute atomic E-state index is 0.331. The summed E-state index contributed by atoms with van der Waals surface area (Å²) in [7, 11) is 4.31. The van der Waals surface area contributed by atoms with Gasteiger partial charge in [0.2, 0.25) is 12.3 Å². The third kappa shape index (κ3) is 2.16. The summed E-state index contributed by atoms with van der Waals surface area (Å²) in [5.74, 6) is 1.71. The molecule has 5 heteroatoms. The zero-order valence-corrected chi connectivity index (χ0v) is 13.2. The van der Waals surface area contributed by atoms with Crippen LogP contribution in [0, 0.1) is 0 Å². The molecule has 0 radical (unpaired) electrons. The van der Waals surface area contributed by atoms with Crippen molar-refractivity contribution in [3.05, 3.63) is 22.8 Å². The van der Waals surface area contributed by atoms with E-state index in [4.69, 9.17) is 9.47 Å². The second kappa shape index (κ2) is 4.91. The molecule has 2 aliphatic rings. The Labute approximate surface area is 128 Å². The number of likely N-dealkylation sites (tertiary alicyclic amines) is 1. The molecule has 3 heterocycles. The van der Waals surface area contributed by atoms with Gasteiger partial charge in [-0.15, -0.1) is 0 Å². The highest BCUT2D eigenvalue weighted by Crippen LogP contribution is 2.37. The predicted molar refractivity (Wildman–Crippen MR) is 83.6 cm³/mol. The molecule has 1 aromatic heterocycles. The number of fused-ring (bicyclic) bond motifs is 2. The van der Waals surface area contributed by atoms with Crippen molar-refractivity contribution in [3.63, 3.8) is 0 Å². The van der Waals surface area contributed by atoms with E-state index in [1.807, 2.05) is 11.3 Å². The van der Waals surface area contributed by atoms with Crippen LogP contribution in [0.2, 0.25) is 0 Å². The van der Waals surface area contributed by atoms with Gasteiger partial charge in [0.15, 0.2) is 11.5 Å². The Morgan fingerprint density at radius 2 is 2.05 bits per heavy atom. The molecule has 0 bridgehead atoms. The fourth-order valence-electron chi connectivity index (χ4n) is 3.00. The lowest BCUT2D eigenvalue weighted by atomic mass is 10.1. The number of aromatic nitrogens is 1. The Balaban J connectivity index is 1.79. The van der Waals surface area contributed by atoms with Crippen molar-refractivity contribution in [2.75, 3.05) is 20.4 Å². The number of rotatable bonds is 1. The summed E-state index contributed by atoms with van der Waals surface area (Å²) in [6.45, 7) is 1.49. The largest absolute Gasteiger partial charge is 0.454 e. The van der Waals surface area contributed by atoms with Crippen molar-refractivity contribution in [3.8, 4) is 11.5 Å². The molecule has 4 nitrogen and oxygen atoms in total. The van der Waals surface area contributed by atoms with Crippen molar-refractivity contribution < 1.29 is 14.0 Å². The van der Waals surface area contributed by atoms with E-state index >= 15 is 0 Å². The number of piperidine rings is 1. The molecular weight excluding hydrogens is 284 g/mol. The van der Waals surface area contributed by atoms with Crippen LogP contribution in [0.25, 0.3) is 16.3 Å². The Hall–Kier alpha value is -1.75. The van der Waals surface area contributed by atoms with Crippen LogP contribution in [-0.2, 0) is 7.05 Å². The van der Waals surface area contributed by atoms with Gasteiger partial charge >= 0.3 is 0 Å². The van der Waals surface area contributed by atoms with Gasteiger partial charge in [-0.25, -0.2) is 0 Å². The number of allylic oxidation sites excluding steroid dienone is 1. The average molecular weight is 303 g/mol. The highest BCUT2D eigenvalue weighted by molar-refractivity contribution is 7.18. The SMILES string of the molecule is CN1CCCC/C1=C\c1sc2cc3c(cc2[n+]1C)OCO3. The standard InChI is InChI=1S/C16H19N2O2S/c1-17-6-4-3-5-11(17)7-16-18(2)12-8-13-14(20-10-19-13)9-15(12)21-16/h7-9H,3-6,10H2,1-2H3/q+1. The van der Waals surface area contributed by atoms with Crippen LogP contribution in [0.1, 0.15) is 24.3 Å². The topological polar surface area (TPSA) is 25.6 Å². The quantitative estimate of drug-likeness (QED) is 0.758. The number of thiazole rings is 1. The number of aryl methyl sites for hydroxylation is 1. The normalized spacial score (nSPS) is 19.7. The summed E-state index contributed by atoms with van der Waals surface area (Å²) in [4.78, 5) is 2.38. The Kier molecular flexibility index (Phi) is 3.03. The lowest BCUT2D eigenvalue weighted by Gasteiger charge is -2.26. The second-order valence-electron chi connectivity index (χ2n) is 5.69. The first-order chi connectivity index (χ1) is 10.2. The zero-order valence-electron chi connectivity index (χ0n) is 12.4. The van der Waals surface area contributed by atoms with E-state index in [2.05, 4.69) is 41.8 Å². The summed E-state index contributed by atoms with van der Waals surface area (Å²) in [5, 5.41) is 1.28. The molecule has 4 rings (SSSR count). The second-order valence-corrected chi connectivity index (χ2v) is 6.75. The number of ether oxygens (including phenoxy) is 2. The summed E-state index contributed by atoms with van der Waals surface area (Å²) >= 11 is 1.81. The van der Waals surface area contributed by atoms with Gasteiger partial charge in [-0.05, 0) is 19.3 Å². The van der Waals surface area contributed by atoms with Crippen LogP contribution in [0.15, 0.2) is 17.8 Å². The smallest absolute Gasteiger partial charge is 0.264 e. The maximum atomic E-state index is 5.48. The van der Waals surface area contributed by atoms with Crippen molar-refractivity contribution >= 4 is 27.6 Å². The van der Waals surface area contributed by atoms with Gasteiger partial charge in [0, 0.05) is 31.4 Å². The Morgan fingerprint density at radius 1 is 1.24 bits per heavy atom. The molecule has 1 fully saturated rings. The van der Waals surface area contributed by atoms with E-state index in [9.17, 15) is 0 Å². The zero-order chi connectivity index (χ0) is 14.4. The maximum absolute atomic E-state index is 5.48. The lowest BCUT2D eigenvalue weighted by molar-refractivity contribution is -0.642. The molecule has 2 aromatic rings. The molecule has 110 valence electrons. The molecule has 0 atom stereocenters. The lowest BCUT2D eigenvalue weighted by Crippen LogP contribution is -2.30. The fraction of sp³-hybridized carbons (Fsp3) is 0.438. The first-order valence-electron chi connectivity index (χ1n) is 7.36. The number of hydrogen-bond donors (Lipinski definition) is 0. The Morgan fingerprint density at radius 3 is 2.86 bits per heavy atom. The first-order valence-corrected chi connectivity index (χ1v) is 8.18. The first kappa shape index (κ1) is 13.0. The van der Waals surface area contributed by atoms with Crippen molar-refractivity contribution in [1.82, 2.24) is 4.90 Å². The minimum atomic E-state index is 0.331. The Bertz CT molecular complexity index is 735. The van der Waals surface area contributed by atoms with Gasteiger partial charge in [0.1, 0.15) is 11.7 Å². The molecule has 2 aliphatic heterocycles. The molecule has 0 spiro atoms. The third-order valence-electron chi connectivity index (χ3n) is 4.32. The summed E-state index contributed by atoms with van der Waals surface area (Å²) in [6.07, 6.45) is 6.10. The predicted octanol–water partition coefficient (Wildman–Crippen LogP) is 2.91. The van der Waals surface area contributed by atoms with Crippen LogP contribution in [0.4, 0.5) is 0 Å². The maximum Gasteiger partial charge on any atom is 0.264 e.